The van der Waals surface area contributed by atoms with Crippen LogP contribution in [0, 0.1) is 5.92 Å². The number of hydrogen-bond donors (Lipinski definition) is 0. The van der Waals surface area contributed by atoms with Crippen LogP contribution in [0.3, 0.4) is 0 Å². The molecule has 1 fully saturated rings. The number of nitrogens with zero attached hydrogens (tertiary/aromatic N) is 3. The van der Waals surface area contributed by atoms with Gasteiger partial charge >= 0.3 is 0 Å². The normalized spacial score (nSPS) is 24.3. The fourth-order valence-electron chi connectivity index (χ4n) is 3.62. The summed E-state index contributed by atoms with van der Waals surface area (Å²) in [4.78, 5) is 18.8. The molecule has 0 radical (unpaired) electrons. The van der Waals surface area contributed by atoms with Gasteiger partial charge in [-0.05, 0) is 30.5 Å². The van der Waals surface area contributed by atoms with Crippen molar-refractivity contribution in [1.29, 1.82) is 0 Å². The van der Waals surface area contributed by atoms with Crippen LogP contribution in [0.1, 0.15) is 18.0 Å². The van der Waals surface area contributed by atoms with Gasteiger partial charge in [0.25, 0.3) is 5.56 Å². The maximum Gasteiger partial charge on any atom is 0.250 e. The average molecular weight is 267 g/mol. The zero-order chi connectivity index (χ0) is 13.5. The Kier molecular flexibility index (Phi) is 2.62. The summed E-state index contributed by atoms with van der Waals surface area (Å²) in [6.07, 6.45) is 3.03. The molecule has 2 unspecified atom stereocenters. The summed E-state index contributed by atoms with van der Waals surface area (Å²) >= 11 is 0. The molecule has 4 rings (SSSR count). The van der Waals surface area contributed by atoms with Gasteiger partial charge in [-0.25, -0.2) is 4.98 Å². The van der Waals surface area contributed by atoms with Crippen molar-refractivity contribution >= 4 is 5.82 Å². The predicted octanol–water partition coefficient (Wildman–Crippen LogP) is 1.87. The van der Waals surface area contributed by atoms with Crippen molar-refractivity contribution in [3.05, 3.63) is 58.6 Å². The third kappa shape index (κ3) is 1.83. The Balaban J connectivity index is 1.70. The van der Waals surface area contributed by atoms with E-state index in [-0.39, 0.29) is 5.56 Å². The molecule has 2 aromatic heterocycles. The Labute approximate surface area is 117 Å². The van der Waals surface area contributed by atoms with Crippen molar-refractivity contribution < 1.29 is 0 Å². The van der Waals surface area contributed by atoms with E-state index in [1.807, 2.05) is 29.0 Å². The highest BCUT2D eigenvalue weighted by molar-refractivity contribution is 5.40. The number of anilines is 1. The van der Waals surface area contributed by atoms with Crippen molar-refractivity contribution in [3.63, 3.8) is 0 Å². The fourth-order valence-corrected chi connectivity index (χ4v) is 3.62. The maximum absolute atomic E-state index is 12.0. The summed E-state index contributed by atoms with van der Waals surface area (Å²) in [5.41, 5.74) is 1.33. The van der Waals surface area contributed by atoms with E-state index < -0.39 is 0 Å². The molecule has 0 spiro atoms. The molecule has 0 saturated carbocycles. The molecule has 0 aromatic carbocycles. The first-order valence-corrected chi connectivity index (χ1v) is 7.17. The minimum atomic E-state index is 0.142. The summed E-state index contributed by atoms with van der Waals surface area (Å²) in [6, 6.07) is 11.7. The van der Waals surface area contributed by atoms with Crippen LogP contribution in [0.25, 0.3) is 0 Å². The summed E-state index contributed by atoms with van der Waals surface area (Å²) in [5, 5.41) is 0. The molecule has 20 heavy (non-hydrogen) atoms. The SMILES string of the molecule is O=c1cccc2n1CC1CC2CN(c2ccccn2)C1. The molecule has 4 heterocycles. The summed E-state index contributed by atoms with van der Waals surface area (Å²) in [5.74, 6) is 2.04. The molecule has 2 bridgehead atoms. The van der Waals surface area contributed by atoms with Gasteiger partial charge in [-0.15, -0.1) is 0 Å². The topological polar surface area (TPSA) is 38.1 Å². The van der Waals surface area contributed by atoms with Crippen LogP contribution < -0.4 is 10.5 Å². The van der Waals surface area contributed by atoms with Gasteiger partial charge in [-0.2, -0.15) is 0 Å². The van der Waals surface area contributed by atoms with E-state index in [0.29, 0.717) is 11.8 Å². The van der Waals surface area contributed by atoms with Gasteiger partial charge in [-0.3, -0.25) is 4.79 Å². The second kappa shape index (κ2) is 4.47. The molecule has 4 nitrogen and oxygen atoms in total. The number of piperidine rings is 1. The average Bonchev–Trinajstić information content (AvgIpc) is 2.49. The first kappa shape index (κ1) is 11.7. The van der Waals surface area contributed by atoms with Crippen LogP contribution in [-0.2, 0) is 6.54 Å². The second-order valence-electron chi connectivity index (χ2n) is 5.79. The molecule has 0 N–H and O–H groups in total. The van der Waals surface area contributed by atoms with Crippen molar-refractivity contribution in [3.8, 4) is 0 Å². The van der Waals surface area contributed by atoms with E-state index in [0.717, 1.165) is 25.5 Å². The van der Waals surface area contributed by atoms with Gasteiger partial charge < -0.3 is 9.47 Å². The quantitative estimate of drug-likeness (QED) is 0.791. The van der Waals surface area contributed by atoms with E-state index in [1.54, 1.807) is 6.07 Å². The molecule has 102 valence electrons. The van der Waals surface area contributed by atoms with Crippen molar-refractivity contribution in [2.75, 3.05) is 18.0 Å². The van der Waals surface area contributed by atoms with Gasteiger partial charge in [-0.1, -0.05) is 12.1 Å². The van der Waals surface area contributed by atoms with Gasteiger partial charge in [0.2, 0.25) is 0 Å². The van der Waals surface area contributed by atoms with Crippen LogP contribution in [0.2, 0.25) is 0 Å². The van der Waals surface area contributed by atoms with Crippen LogP contribution in [0.15, 0.2) is 47.4 Å². The highest BCUT2D eigenvalue weighted by Crippen LogP contribution is 2.36. The number of fused-ring (bicyclic) bond motifs is 4. The highest BCUT2D eigenvalue weighted by Gasteiger charge is 2.34. The number of pyridine rings is 2. The summed E-state index contributed by atoms with van der Waals surface area (Å²) < 4.78 is 1.97. The standard InChI is InChI=1S/C16H17N3O/c20-16-6-3-4-14-13-8-12(10-19(14)16)9-18(11-13)15-5-1-2-7-17-15/h1-7,12-13H,8-11H2. The Bertz CT molecular complexity index is 680. The molecular weight excluding hydrogens is 250 g/mol. The molecule has 2 atom stereocenters. The largest absolute Gasteiger partial charge is 0.356 e. The molecular formula is C16H17N3O. The first-order valence-electron chi connectivity index (χ1n) is 7.17. The van der Waals surface area contributed by atoms with E-state index >= 15 is 0 Å². The second-order valence-corrected chi connectivity index (χ2v) is 5.79. The minimum absolute atomic E-state index is 0.142. The molecule has 0 amide bonds. The molecule has 2 aliphatic heterocycles. The van der Waals surface area contributed by atoms with E-state index in [2.05, 4.69) is 22.0 Å². The highest BCUT2D eigenvalue weighted by atomic mass is 16.1. The Morgan fingerprint density at radius 1 is 1.05 bits per heavy atom. The van der Waals surface area contributed by atoms with E-state index in [4.69, 9.17) is 0 Å². The predicted molar refractivity (Wildman–Crippen MR) is 78.0 cm³/mol. The van der Waals surface area contributed by atoms with Crippen LogP contribution in [-0.4, -0.2) is 22.6 Å². The number of hydrogen-bond acceptors (Lipinski definition) is 3. The van der Waals surface area contributed by atoms with Gasteiger partial charge in [0, 0.05) is 43.5 Å². The lowest BCUT2D eigenvalue weighted by Crippen LogP contribution is -2.47. The number of rotatable bonds is 1. The Morgan fingerprint density at radius 3 is 2.85 bits per heavy atom. The van der Waals surface area contributed by atoms with E-state index in [1.165, 1.54) is 12.1 Å². The van der Waals surface area contributed by atoms with Crippen molar-refractivity contribution in [2.24, 2.45) is 5.92 Å². The lowest BCUT2D eigenvalue weighted by molar-refractivity contribution is 0.280. The monoisotopic (exact) mass is 267 g/mol. The molecule has 2 aliphatic rings. The van der Waals surface area contributed by atoms with Crippen LogP contribution in [0.5, 0.6) is 0 Å². The zero-order valence-corrected chi connectivity index (χ0v) is 11.3. The van der Waals surface area contributed by atoms with Gasteiger partial charge in [0.15, 0.2) is 0 Å². The zero-order valence-electron chi connectivity index (χ0n) is 11.3. The third-order valence-corrected chi connectivity index (χ3v) is 4.45. The molecule has 0 aliphatic carbocycles. The van der Waals surface area contributed by atoms with Crippen LogP contribution >= 0.6 is 0 Å². The van der Waals surface area contributed by atoms with Gasteiger partial charge in [0.1, 0.15) is 5.82 Å². The summed E-state index contributed by atoms with van der Waals surface area (Å²) in [7, 11) is 0. The van der Waals surface area contributed by atoms with Gasteiger partial charge in [0.05, 0.1) is 0 Å². The fraction of sp³-hybridized carbons (Fsp3) is 0.375. The first-order chi connectivity index (χ1) is 9.81. The molecule has 4 heteroatoms. The molecule has 2 aromatic rings. The third-order valence-electron chi connectivity index (χ3n) is 4.45. The van der Waals surface area contributed by atoms with E-state index in [9.17, 15) is 4.79 Å². The minimum Gasteiger partial charge on any atom is -0.356 e. The number of aromatic nitrogens is 2. The Morgan fingerprint density at radius 2 is 2.00 bits per heavy atom. The van der Waals surface area contributed by atoms with Crippen LogP contribution in [0.4, 0.5) is 5.82 Å². The van der Waals surface area contributed by atoms with Crippen molar-refractivity contribution in [2.45, 2.75) is 18.9 Å². The maximum atomic E-state index is 12.0. The smallest absolute Gasteiger partial charge is 0.250 e. The summed E-state index contributed by atoms with van der Waals surface area (Å²) in [6.45, 7) is 2.79. The van der Waals surface area contributed by atoms with Crippen molar-refractivity contribution in [1.82, 2.24) is 9.55 Å². The Hall–Kier alpha value is -2.10. The molecule has 1 saturated heterocycles. The lowest BCUT2D eigenvalue weighted by Gasteiger charge is -2.43. The lowest BCUT2D eigenvalue weighted by atomic mass is 9.83.